The first-order valence-electron chi connectivity index (χ1n) is 15.8. The number of aryl methyl sites for hydroxylation is 1. The third kappa shape index (κ3) is 6.45. The van der Waals surface area contributed by atoms with Crippen LogP contribution in [0, 0.1) is 12.8 Å². The van der Waals surface area contributed by atoms with E-state index in [1.54, 1.807) is 0 Å². The maximum atomic E-state index is 12.5. The van der Waals surface area contributed by atoms with E-state index < -0.39 is 0 Å². The lowest BCUT2D eigenvalue weighted by Gasteiger charge is -2.29. The van der Waals surface area contributed by atoms with Crippen LogP contribution in [0.25, 0.3) is 10.9 Å². The minimum absolute atomic E-state index is 0.190. The quantitative estimate of drug-likeness (QED) is 0.208. The first-order chi connectivity index (χ1) is 20.4. The Hall–Kier alpha value is -2.71. The van der Waals surface area contributed by atoms with Crippen molar-refractivity contribution in [1.82, 2.24) is 20.0 Å². The van der Waals surface area contributed by atoms with Gasteiger partial charge in [-0.15, -0.1) is 0 Å². The number of piperidine rings is 1. The molecule has 0 radical (unpaired) electrons. The largest absolute Gasteiger partial charge is 0.490 e. The van der Waals surface area contributed by atoms with Gasteiger partial charge in [-0.25, -0.2) is 0 Å². The second kappa shape index (κ2) is 12.9. The fraction of sp³-hybridized carbons (Fsp3) is 0.559. The average Bonchev–Trinajstić information content (AvgIpc) is 3.59. The molecule has 1 aliphatic carbocycles. The van der Waals surface area contributed by atoms with Gasteiger partial charge in [0.2, 0.25) is 11.8 Å². The average molecular weight is 636 g/mol. The van der Waals surface area contributed by atoms with Crippen LogP contribution < -0.4 is 10.1 Å². The van der Waals surface area contributed by atoms with Crippen molar-refractivity contribution >= 4 is 38.6 Å². The summed E-state index contributed by atoms with van der Waals surface area (Å²) in [5, 5.41) is 8.21. The monoisotopic (exact) mass is 634 g/mol. The van der Waals surface area contributed by atoms with E-state index in [-0.39, 0.29) is 17.7 Å². The number of nitrogens with one attached hydrogen (secondary N) is 1. The zero-order valence-corrected chi connectivity index (χ0v) is 26.5. The summed E-state index contributed by atoms with van der Waals surface area (Å²) in [4.78, 5) is 26.7. The summed E-state index contributed by atoms with van der Waals surface area (Å²) in [6, 6.07) is 12.9. The number of likely N-dealkylation sites (tertiary alicyclic amines) is 1. The van der Waals surface area contributed by atoms with Crippen molar-refractivity contribution in [2.45, 2.75) is 89.1 Å². The number of hydrogen-bond donors (Lipinski definition) is 1. The van der Waals surface area contributed by atoms with E-state index in [0.29, 0.717) is 24.9 Å². The number of ether oxygens (including phenoxy) is 1. The van der Waals surface area contributed by atoms with Gasteiger partial charge in [-0.2, -0.15) is 5.10 Å². The van der Waals surface area contributed by atoms with Gasteiger partial charge in [-0.1, -0.05) is 47.0 Å². The highest BCUT2D eigenvalue weighted by Gasteiger charge is 2.32. The Balaban J connectivity index is 0.942. The molecule has 1 N–H and O–H groups in total. The fourth-order valence-corrected chi connectivity index (χ4v) is 7.63. The molecule has 2 aliphatic heterocycles. The van der Waals surface area contributed by atoms with Crippen LogP contribution in [-0.4, -0.2) is 52.2 Å². The molecule has 3 heterocycles. The highest BCUT2D eigenvalue weighted by Crippen LogP contribution is 2.35. The van der Waals surface area contributed by atoms with E-state index >= 15 is 0 Å². The molecule has 1 aromatic heterocycles. The minimum Gasteiger partial charge on any atom is -0.490 e. The number of imide groups is 1. The number of nitrogens with zero attached hydrogens (tertiary/aromatic N) is 3. The predicted molar refractivity (Wildman–Crippen MR) is 169 cm³/mol. The third-order valence-corrected chi connectivity index (χ3v) is 10.7. The molecule has 3 aliphatic rings. The maximum Gasteiger partial charge on any atom is 0.235 e. The predicted octanol–water partition coefficient (Wildman–Crippen LogP) is 6.76. The summed E-state index contributed by atoms with van der Waals surface area (Å²) in [7, 11) is 1.95. The molecule has 0 bridgehead atoms. The standard InChI is InChI=1S/C34H43BrN4O3/c1-22-29(35)7-5-8-31(22)42-26-12-9-23(10-13-26)6-3-4-18-39-19-17-25(21-39)24-11-14-27-30(20-24)38(2)37-33(27)28-15-16-32(40)36-34(28)41/h5,7-8,11,14,20,23,25-26,28H,3-4,6,9-10,12-13,15-19,21H2,1-2H3,(H,36,40,41)/t23?,25-,26?,28+/m0/s1. The van der Waals surface area contributed by atoms with Crippen LogP contribution in [0.3, 0.4) is 0 Å². The van der Waals surface area contributed by atoms with Crippen molar-refractivity contribution in [3.05, 3.63) is 57.7 Å². The summed E-state index contributed by atoms with van der Waals surface area (Å²) in [6.45, 7) is 5.58. The van der Waals surface area contributed by atoms with Gasteiger partial charge >= 0.3 is 0 Å². The summed E-state index contributed by atoms with van der Waals surface area (Å²) in [5.41, 5.74) is 4.41. The summed E-state index contributed by atoms with van der Waals surface area (Å²) < 4.78 is 9.37. The zero-order chi connectivity index (χ0) is 29.2. The van der Waals surface area contributed by atoms with Crippen molar-refractivity contribution in [1.29, 1.82) is 0 Å². The lowest BCUT2D eigenvalue weighted by molar-refractivity contribution is -0.134. The Labute approximate surface area is 257 Å². The van der Waals surface area contributed by atoms with E-state index in [0.717, 1.165) is 45.8 Å². The topological polar surface area (TPSA) is 76.5 Å². The molecule has 2 aromatic carbocycles. The number of benzene rings is 2. The first-order valence-corrected chi connectivity index (χ1v) is 16.6. The molecule has 2 amide bonds. The fourth-order valence-electron chi connectivity index (χ4n) is 7.28. The molecule has 0 spiro atoms. The molecule has 3 aromatic rings. The van der Waals surface area contributed by atoms with Crippen molar-refractivity contribution in [2.75, 3.05) is 19.6 Å². The highest BCUT2D eigenvalue weighted by atomic mass is 79.9. The van der Waals surface area contributed by atoms with Gasteiger partial charge in [-0.05, 0) is 101 Å². The molecule has 0 unspecified atom stereocenters. The number of amides is 2. The minimum atomic E-state index is -0.358. The molecule has 1 saturated carbocycles. The van der Waals surface area contributed by atoms with E-state index in [2.05, 4.69) is 69.5 Å². The number of carbonyl (C=O) groups is 2. The second-order valence-electron chi connectivity index (χ2n) is 12.7. The summed E-state index contributed by atoms with van der Waals surface area (Å²) in [6.07, 6.45) is 11.3. The zero-order valence-electron chi connectivity index (χ0n) is 24.9. The number of aromatic nitrogens is 2. The number of hydrogen-bond acceptors (Lipinski definition) is 5. The van der Waals surface area contributed by atoms with Crippen LogP contribution in [0.1, 0.15) is 92.9 Å². The molecular formula is C34H43BrN4O3. The van der Waals surface area contributed by atoms with Crippen LogP contribution in [0.4, 0.5) is 0 Å². The Morgan fingerprint density at radius 3 is 2.69 bits per heavy atom. The smallest absolute Gasteiger partial charge is 0.235 e. The van der Waals surface area contributed by atoms with Crippen LogP contribution in [0.5, 0.6) is 5.75 Å². The van der Waals surface area contributed by atoms with E-state index in [9.17, 15) is 9.59 Å². The van der Waals surface area contributed by atoms with Crippen LogP contribution >= 0.6 is 15.9 Å². The van der Waals surface area contributed by atoms with Gasteiger partial charge in [0.15, 0.2) is 0 Å². The Morgan fingerprint density at radius 2 is 1.88 bits per heavy atom. The molecule has 2 saturated heterocycles. The van der Waals surface area contributed by atoms with Gasteiger partial charge in [0, 0.05) is 35.4 Å². The van der Waals surface area contributed by atoms with E-state index in [1.165, 1.54) is 69.0 Å². The number of halogens is 1. The normalized spacial score (nSPS) is 25.2. The third-order valence-electron chi connectivity index (χ3n) is 9.86. The molecule has 42 heavy (non-hydrogen) atoms. The molecule has 8 heteroatoms. The molecular weight excluding hydrogens is 592 g/mol. The van der Waals surface area contributed by atoms with Crippen molar-refractivity contribution in [3.63, 3.8) is 0 Å². The van der Waals surface area contributed by atoms with Gasteiger partial charge in [0.25, 0.3) is 0 Å². The first kappa shape index (κ1) is 29.4. The van der Waals surface area contributed by atoms with Crippen LogP contribution in [0.15, 0.2) is 40.9 Å². The number of unbranched alkanes of at least 4 members (excludes halogenated alkanes) is 1. The number of carbonyl (C=O) groups excluding carboxylic acids is 2. The van der Waals surface area contributed by atoms with Gasteiger partial charge in [-0.3, -0.25) is 19.6 Å². The molecule has 2 atom stereocenters. The van der Waals surface area contributed by atoms with Crippen molar-refractivity contribution in [2.24, 2.45) is 13.0 Å². The van der Waals surface area contributed by atoms with Crippen molar-refractivity contribution < 1.29 is 14.3 Å². The molecule has 224 valence electrons. The number of rotatable bonds is 9. The summed E-state index contributed by atoms with van der Waals surface area (Å²) in [5.74, 6) is 1.63. The highest BCUT2D eigenvalue weighted by molar-refractivity contribution is 9.10. The Kier molecular flexibility index (Phi) is 9.01. The molecule has 6 rings (SSSR count). The van der Waals surface area contributed by atoms with Gasteiger partial charge in [0.1, 0.15) is 5.75 Å². The van der Waals surface area contributed by atoms with E-state index in [4.69, 9.17) is 9.84 Å². The Morgan fingerprint density at radius 1 is 1.05 bits per heavy atom. The second-order valence-corrected chi connectivity index (χ2v) is 13.5. The van der Waals surface area contributed by atoms with Crippen LogP contribution in [0.2, 0.25) is 0 Å². The lowest BCUT2D eigenvalue weighted by atomic mass is 9.84. The number of fused-ring (bicyclic) bond motifs is 1. The van der Waals surface area contributed by atoms with Gasteiger partial charge in [0.05, 0.1) is 23.2 Å². The van der Waals surface area contributed by atoms with Crippen molar-refractivity contribution in [3.8, 4) is 5.75 Å². The Bertz CT molecular complexity index is 1440. The maximum absolute atomic E-state index is 12.5. The summed E-state index contributed by atoms with van der Waals surface area (Å²) >= 11 is 3.62. The lowest BCUT2D eigenvalue weighted by Crippen LogP contribution is -2.39. The molecule has 7 nitrogen and oxygen atoms in total. The SMILES string of the molecule is Cc1c(Br)cccc1OC1CCC(CCCCN2CC[C@H](c3ccc4c([C@H]5CCC(=O)NC5=O)nn(C)c4c3)C2)CC1. The molecule has 3 fully saturated rings. The van der Waals surface area contributed by atoms with Gasteiger partial charge < -0.3 is 9.64 Å². The van der Waals surface area contributed by atoms with E-state index in [1.807, 2.05) is 11.7 Å². The van der Waals surface area contributed by atoms with Crippen LogP contribution in [-0.2, 0) is 16.6 Å².